The monoisotopic (exact) mass is 251 g/mol. The van der Waals surface area contributed by atoms with Gasteiger partial charge in [-0.2, -0.15) is 4.98 Å². The molecule has 1 rings (SSSR count). The van der Waals surface area contributed by atoms with Gasteiger partial charge in [0.25, 0.3) is 0 Å². The summed E-state index contributed by atoms with van der Waals surface area (Å²) in [6, 6.07) is 0. The summed E-state index contributed by atoms with van der Waals surface area (Å²) in [5.41, 5.74) is 1.01. The molecule has 0 unspecified atom stereocenters. The highest BCUT2D eigenvalue weighted by Crippen LogP contribution is 2.22. The first-order valence-corrected chi connectivity index (χ1v) is 6.97. The second-order valence-electron chi connectivity index (χ2n) is 4.40. The molecule has 0 aromatic carbocycles. The van der Waals surface area contributed by atoms with E-state index in [1.165, 1.54) is 0 Å². The van der Waals surface area contributed by atoms with Crippen molar-refractivity contribution >= 4 is 5.82 Å². The number of anilines is 1. The number of nitrogens with one attached hydrogen (secondary N) is 1. The zero-order valence-electron chi connectivity index (χ0n) is 12.0. The van der Waals surface area contributed by atoms with Gasteiger partial charge in [0.05, 0.1) is 12.2 Å². The van der Waals surface area contributed by atoms with Crippen LogP contribution in [-0.2, 0) is 6.42 Å². The van der Waals surface area contributed by atoms with Crippen LogP contribution in [0.15, 0.2) is 0 Å². The summed E-state index contributed by atoms with van der Waals surface area (Å²) >= 11 is 0. The van der Waals surface area contributed by atoms with Crippen molar-refractivity contribution in [2.45, 2.75) is 53.4 Å². The lowest BCUT2D eigenvalue weighted by molar-refractivity contribution is 0.294. The molecule has 4 heteroatoms. The third-order valence-corrected chi connectivity index (χ3v) is 2.74. The summed E-state index contributed by atoms with van der Waals surface area (Å²) in [7, 11) is 0. The fraction of sp³-hybridized carbons (Fsp3) is 0.714. The van der Waals surface area contributed by atoms with E-state index in [0.29, 0.717) is 0 Å². The predicted octanol–water partition coefficient (Wildman–Crippen LogP) is 3.35. The van der Waals surface area contributed by atoms with Gasteiger partial charge in [-0.15, -0.1) is 0 Å². The van der Waals surface area contributed by atoms with E-state index < -0.39 is 0 Å². The van der Waals surface area contributed by atoms with Gasteiger partial charge in [0, 0.05) is 13.0 Å². The van der Waals surface area contributed by atoms with Crippen LogP contribution in [-0.4, -0.2) is 23.1 Å². The van der Waals surface area contributed by atoms with Crippen LogP contribution in [0.3, 0.4) is 0 Å². The average Bonchev–Trinajstić information content (AvgIpc) is 2.39. The number of ether oxygens (including phenoxy) is 1. The van der Waals surface area contributed by atoms with E-state index in [2.05, 4.69) is 36.1 Å². The van der Waals surface area contributed by atoms with Gasteiger partial charge in [0.15, 0.2) is 0 Å². The molecule has 0 fully saturated rings. The summed E-state index contributed by atoms with van der Waals surface area (Å²) in [5.74, 6) is 2.48. The normalized spacial score (nSPS) is 10.4. The summed E-state index contributed by atoms with van der Waals surface area (Å²) in [6.07, 6.45) is 4.09. The maximum atomic E-state index is 5.75. The van der Waals surface area contributed by atoms with E-state index in [-0.39, 0.29) is 0 Å². The Labute approximate surface area is 110 Å². The molecule has 0 aliphatic rings. The topological polar surface area (TPSA) is 47.0 Å². The Bertz CT molecular complexity index is 366. The Balaban J connectivity index is 2.85. The molecular formula is C14H25N3O. The number of aromatic nitrogens is 2. The zero-order chi connectivity index (χ0) is 13.4. The average molecular weight is 251 g/mol. The van der Waals surface area contributed by atoms with Crippen LogP contribution in [0.2, 0.25) is 0 Å². The molecule has 0 aliphatic heterocycles. The van der Waals surface area contributed by atoms with Gasteiger partial charge in [0.2, 0.25) is 5.88 Å². The first-order valence-electron chi connectivity index (χ1n) is 6.97. The number of rotatable bonds is 8. The molecule has 1 aromatic rings. The van der Waals surface area contributed by atoms with Crippen molar-refractivity contribution in [1.29, 1.82) is 0 Å². The lowest BCUT2D eigenvalue weighted by Crippen LogP contribution is -2.10. The number of aryl methyl sites for hydroxylation is 1. The highest BCUT2D eigenvalue weighted by molar-refractivity contribution is 5.48. The minimum Gasteiger partial charge on any atom is -0.477 e. The standard InChI is InChI=1S/C14H25N3O/c1-5-8-10-18-14-11(4)13(15-9-6-2)16-12(7-3)17-14/h5-10H2,1-4H3,(H,15,16,17). The van der Waals surface area contributed by atoms with Crippen LogP contribution in [0.4, 0.5) is 5.82 Å². The lowest BCUT2D eigenvalue weighted by atomic mass is 10.3. The number of hydrogen-bond acceptors (Lipinski definition) is 4. The minimum absolute atomic E-state index is 0.727. The van der Waals surface area contributed by atoms with Crippen LogP contribution in [0, 0.1) is 6.92 Å². The summed E-state index contributed by atoms with van der Waals surface area (Å²) in [6.45, 7) is 10.0. The molecule has 102 valence electrons. The van der Waals surface area contributed by atoms with Crippen molar-refractivity contribution in [3.63, 3.8) is 0 Å². The predicted molar refractivity (Wildman–Crippen MR) is 75.3 cm³/mol. The van der Waals surface area contributed by atoms with Gasteiger partial charge >= 0.3 is 0 Å². The number of hydrogen-bond donors (Lipinski definition) is 1. The summed E-state index contributed by atoms with van der Waals surface area (Å²) < 4.78 is 5.75. The van der Waals surface area contributed by atoms with Crippen molar-refractivity contribution in [1.82, 2.24) is 9.97 Å². The maximum absolute atomic E-state index is 5.75. The summed E-state index contributed by atoms with van der Waals surface area (Å²) in [4.78, 5) is 8.97. The van der Waals surface area contributed by atoms with Gasteiger partial charge in [-0.05, 0) is 19.8 Å². The molecule has 1 N–H and O–H groups in total. The fourth-order valence-electron chi connectivity index (χ4n) is 1.57. The van der Waals surface area contributed by atoms with Crippen LogP contribution in [0.1, 0.15) is 51.4 Å². The van der Waals surface area contributed by atoms with E-state index in [0.717, 1.165) is 61.9 Å². The second-order valence-corrected chi connectivity index (χ2v) is 4.40. The fourth-order valence-corrected chi connectivity index (χ4v) is 1.57. The molecule has 1 heterocycles. The Morgan fingerprint density at radius 1 is 1.11 bits per heavy atom. The molecule has 1 aromatic heterocycles. The second kappa shape index (κ2) is 7.90. The minimum atomic E-state index is 0.727. The molecule has 4 nitrogen and oxygen atoms in total. The first-order chi connectivity index (χ1) is 8.72. The third-order valence-electron chi connectivity index (χ3n) is 2.74. The van der Waals surface area contributed by atoms with Crippen LogP contribution >= 0.6 is 0 Å². The molecule has 0 saturated carbocycles. The quantitative estimate of drug-likeness (QED) is 0.720. The van der Waals surface area contributed by atoms with E-state index in [9.17, 15) is 0 Å². The van der Waals surface area contributed by atoms with E-state index in [4.69, 9.17) is 4.74 Å². The van der Waals surface area contributed by atoms with E-state index in [1.807, 2.05) is 6.92 Å². The van der Waals surface area contributed by atoms with Crippen molar-refractivity contribution in [3.05, 3.63) is 11.4 Å². The van der Waals surface area contributed by atoms with Crippen molar-refractivity contribution in [2.24, 2.45) is 0 Å². The largest absolute Gasteiger partial charge is 0.477 e. The van der Waals surface area contributed by atoms with Crippen LogP contribution in [0.5, 0.6) is 5.88 Å². The molecule has 0 radical (unpaired) electrons. The van der Waals surface area contributed by atoms with Gasteiger partial charge < -0.3 is 10.1 Å². The Kier molecular flexibility index (Phi) is 6.47. The number of unbranched alkanes of at least 4 members (excludes halogenated alkanes) is 1. The summed E-state index contributed by atoms with van der Waals surface area (Å²) in [5, 5.41) is 3.34. The molecule has 0 aliphatic carbocycles. The van der Waals surface area contributed by atoms with Crippen LogP contribution in [0.25, 0.3) is 0 Å². The SMILES string of the molecule is CCCCOc1nc(CC)nc(NCCC)c1C. The van der Waals surface area contributed by atoms with Crippen LogP contribution < -0.4 is 10.1 Å². The van der Waals surface area contributed by atoms with E-state index >= 15 is 0 Å². The van der Waals surface area contributed by atoms with Crippen molar-refractivity contribution in [2.75, 3.05) is 18.5 Å². The molecule has 0 saturated heterocycles. The lowest BCUT2D eigenvalue weighted by Gasteiger charge is -2.13. The smallest absolute Gasteiger partial charge is 0.221 e. The molecular weight excluding hydrogens is 226 g/mol. The molecule has 18 heavy (non-hydrogen) atoms. The Morgan fingerprint density at radius 3 is 2.50 bits per heavy atom. The third kappa shape index (κ3) is 4.17. The number of nitrogens with zero attached hydrogens (tertiary/aromatic N) is 2. The molecule has 0 amide bonds. The molecule has 0 atom stereocenters. The Hall–Kier alpha value is -1.32. The zero-order valence-corrected chi connectivity index (χ0v) is 12.0. The van der Waals surface area contributed by atoms with Gasteiger partial charge in [-0.3, -0.25) is 0 Å². The van der Waals surface area contributed by atoms with Crippen molar-refractivity contribution in [3.8, 4) is 5.88 Å². The van der Waals surface area contributed by atoms with Crippen molar-refractivity contribution < 1.29 is 4.74 Å². The first kappa shape index (κ1) is 14.7. The highest BCUT2D eigenvalue weighted by Gasteiger charge is 2.10. The highest BCUT2D eigenvalue weighted by atomic mass is 16.5. The Morgan fingerprint density at radius 2 is 1.89 bits per heavy atom. The van der Waals surface area contributed by atoms with E-state index in [1.54, 1.807) is 0 Å². The van der Waals surface area contributed by atoms with Gasteiger partial charge in [0.1, 0.15) is 11.6 Å². The van der Waals surface area contributed by atoms with Gasteiger partial charge in [-0.25, -0.2) is 4.98 Å². The molecule has 0 spiro atoms. The molecule has 0 bridgehead atoms. The maximum Gasteiger partial charge on any atom is 0.221 e. The van der Waals surface area contributed by atoms with Gasteiger partial charge in [-0.1, -0.05) is 27.2 Å².